The lowest BCUT2D eigenvalue weighted by molar-refractivity contribution is -0.384. The molecule has 0 N–H and O–H groups in total. The van der Waals surface area contributed by atoms with Crippen LogP contribution in [0.3, 0.4) is 0 Å². The zero-order chi connectivity index (χ0) is 17.1. The number of nitro benzene ring substituents is 1. The fraction of sp³-hybridized carbons (Fsp3) is 0.235. The van der Waals surface area contributed by atoms with Crippen LogP contribution in [0.5, 0.6) is 0 Å². The van der Waals surface area contributed by atoms with E-state index in [9.17, 15) is 19.3 Å². The van der Waals surface area contributed by atoms with Gasteiger partial charge in [0.05, 0.1) is 10.6 Å². The monoisotopic (exact) mass is 329 g/mol. The first kappa shape index (κ1) is 15.9. The molecule has 0 radical (unpaired) electrons. The first-order valence-corrected chi connectivity index (χ1v) is 7.59. The fourth-order valence-corrected chi connectivity index (χ4v) is 2.77. The van der Waals surface area contributed by atoms with Gasteiger partial charge in [-0.05, 0) is 24.3 Å². The van der Waals surface area contributed by atoms with Gasteiger partial charge in [0.1, 0.15) is 5.82 Å². The first-order chi connectivity index (χ1) is 11.6. The molecule has 1 fully saturated rings. The largest absolute Gasteiger partial charge is 0.366 e. The second-order valence-electron chi connectivity index (χ2n) is 5.53. The van der Waals surface area contributed by atoms with E-state index in [4.69, 9.17) is 0 Å². The summed E-state index contributed by atoms with van der Waals surface area (Å²) in [6.45, 7) is 2.04. The number of halogens is 1. The van der Waals surface area contributed by atoms with Crippen molar-refractivity contribution < 1.29 is 14.1 Å². The van der Waals surface area contributed by atoms with Gasteiger partial charge in [-0.25, -0.2) is 4.39 Å². The molecule has 1 heterocycles. The molecule has 124 valence electrons. The van der Waals surface area contributed by atoms with E-state index in [0.29, 0.717) is 37.4 Å². The van der Waals surface area contributed by atoms with Crippen molar-refractivity contribution in [3.63, 3.8) is 0 Å². The van der Waals surface area contributed by atoms with Gasteiger partial charge in [0.25, 0.3) is 11.6 Å². The van der Waals surface area contributed by atoms with Crippen LogP contribution in [0, 0.1) is 15.9 Å². The predicted octanol–water partition coefficient (Wildman–Crippen LogP) is 2.70. The van der Waals surface area contributed by atoms with Gasteiger partial charge >= 0.3 is 0 Å². The summed E-state index contributed by atoms with van der Waals surface area (Å²) in [6, 6.07) is 12.1. The number of nitro groups is 1. The van der Waals surface area contributed by atoms with Crippen molar-refractivity contribution in [3.05, 3.63) is 70.0 Å². The number of piperazine rings is 1. The van der Waals surface area contributed by atoms with Crippen LogP contribution in [-0.4, -0.2) is 41.9 Å². The van der Waals surface area contributed by atoms with Gasteiger partial charge in [0.15, 0.2) is 0 Å². The Labute approximate surface area is 138 Å². The average Bonchev–Trinajstić information content (AvgIpc) is 2.62. The minimum atomic E-state index is -0.499. The van der Waals surface area contributed by atoms with Gasteiger partial charge in [-0.3, -0.25) is 14.9 Å². The summed E-state index contributed by atoms with van der Waals surface area (Å²) < 4.78 is 13.8. The molecule has 24 heavy (non-hydrogen) atoms. The summed E-state index contributed by atoms with van der Waals surface area (Å²) in [5.41, 5.74) is 0.913. The van der Waals surface area contributed by atoms with Crippen molar-refractivity contribution in [3.8, 4) is 0 Å². The van der Waals surface area contributed by atoms with Gasteiger partial charge < -0.3 is 9.80 Å². The van der Waals surface area contributed by atoms with Crippen LogP contribution in [0.25, 0.3) is 0 Å². The topological polar surface area (TPSA) is 66.7 Å². The third kappa shape index (κ3) is 3.19. The Hall–Kier alpha value is -2.96. The van der Waals surface area contributed by atoms with Crippen LogP contribution < -0.4 is 4.90 Å². The number of hydrogen-bond donors (Lipinski definition) is 0. The van der Waals surface area contributed by atoms with Crippen LogP contribution in [0.1, 0.15) is 10.4 Å². The minimum absolute atomic E-state index is 0.0454. The van der Waals surface area contributed by atoms with E-state index in [-0.39, 0.29) is 17.4 Å². The van der Waals surface area contributed by atoms with Crippen molar-refractivity contribution in [1.82, 2.24) is 4.90 Å². The molecule has 6 nitrogen and oxygen atoms in total. The van der Waals surface area contributed by atoms with Gasteiger partial charge in [0, 0.05) is 43.9 Å². The maximum atomic E-state index is 13.8. The lowest BCUT2D eigenvalue weighted by Crippen LogP contribution is -2.49. The zero-order valence-electron chi connectivity index (χ0n) is 12.9. The summed E-state index contributed by atoms with van der Waals surface area (Å²) in [4.78, 5) is 26.2. The summed E-state index contributed by atoms with van der Waals surface area (Å²) in [6.07, 6.45) is 0. The van der Waals surface area contributed by atoms with Gasteiger partial charge in [-0.15, -0.1) is 0 Å². The van der Waals surface area contributed by atoms with E-state index < -0.39 is 4.92 Å². The minimum Gasteiger partial charge on any atom is -0.366 e. The molecule has 1 aliphatic rings. The molecule has 2 aromatic rings. The molecular weight excluding hydrogens is 313 g/mol. The Morgan fingerprint density at radius 1 is 1.00 bits per heavy atom. The highest BCUT2D eigenvalue weighted by Crippen LogP contribution is 2.21. The van der Waals surface area contributed by atoms with E-state index in [2.05, 4.69) is 0 Å². The molecule has 0 saturated carbocycles. The Bertz CT molecular complexity index is 756. The normalized spacial score (nSPS) is 14.5. The van der Waals surface area contributed by atoms with Crippen molar-refractivity contribution in [2.75, 3.05) is 31.1 Å². The molecule has 2 aromatic carbocycles. The van der Waals surface area contributed by atoms with Crippen molar-refractivity contribution >= 4 is 17.3 Å². The van der Waals surface area contributed by atoms with E-state index in [1.807, 2.05) is 4.90 Å². The smallest absolute Gasteiger partial charge is 0.269 e. The van der Waals surface area contributed by atoms with Gasteiger partial charge in [-0.2, -0.15) is 0 Å². The van der Waals surface area contributed by atoms with Crippen LogP contribution in [0.15, 0.2) is 48.5 Å². The van der Waals surface area contributed by atoms with E-state index in [1.165, 1.54) is 30.3 Å². The second kappa shape index (κ2) is 6.66. The van der Waals surface area contributed by atoms with Crippen LogP contribution in [0.2, 0.25) is 0 Å². The highest BCUT2D eigenvalue weighted by atomic mass is 19.1. The molecule has 7 heteroatoms. The molecule has 0 spiro atoms. The number of rotatable bonds is 3. The Morgan fingerprint density at radius 2 is 1.62 bits per heavy atom. The summed E-state index contributed by atoms with van der Waals surface area (Å²) in [5.74, 6) is -0.439. The first-order valence-electron chi connectivity index (χ1n) is 7.59. The Balaban J connectivity index is 1.65. The number of benzene rings is 2. The maximum absolute atomic E-state index is 13.8. The standard InChI is InChI=1S/C17H16FN3O3/c18-15-3-1-2-4-16(15)19-9-11-20(12-10-19)17(22)13-5-7-14(8-6-13)21(23)24/h1-8H,9-12H2. The molecule has 1 aliphatic heterocycles. The number of amides is 1. The Kier molecular flexibility index (Phi) is 4.41. The predicted molar refractivity (Wildman–Crippen MR) is 87.6 cm³/mol. The summed E-state index contributed by atoms with van der Waals surface area (Å²) in [7, 11) is 0. The van der Waals surface area contributed by atoms with Gasteiger partial charge in [0.2, 0.25) is 0 Å². The molecular formula is C17H16FN3O3. The van der Waals surface area contributed by atoms with Crippen LogP contribution >= 0.6 is 0 Å². The van der Waals surface area contributed by atoms with Crippen LogP contribution in [-0.2, 0) is 0 Å². The number of carbonyl (C=O) groups is 1. The number of hydrogen-bond acceptors (Lipinski definition) is 4. The Morgan fingerprint density at radius 3 is 2.21 bits per heavy atom. The van der Waals surface area contributed by atoms with Crippen molar-refractivity contribution in [1.29, 1.82) is 0 Å². The lowest BCUT2D eigenvalue weighted by atomic mass is 10.1. The molecule has 1 saturated heterocycles. The quantitative estimate of drug-likeness (QED) is 0.641. The highest BCUT2D eigenvalue weighted by Gasteiger charge is 2.23. The third-order valence-electron chi connectivity index (χ3n) is 4.09. The van der Waals surface area contributed by atoms with E-state index in [0.717, 1.165) is 0 Å². The number of non-ortho nitro benzene ring substituents is 1. The third-order valence-corrected chi connectivity index (χ3v) is 4.09. The lowest BCUT2D eigenvalue weighted by Gasteiger charge is -2.36. The van der Waals surface area contributed by atoms with Crippen LogP contribution in [0.4, 0.5) is 15.8 Å². The second-order valence-corrected chi connectivity index (χ2v) is 5.53. The van der Waals surface area contributed by atoms with Gasteiger partial charge in [-0.1, -0.05) is 12.1 Å². The van der Waals surface area contributed by atoms with Crippen molar-refractivity contribution in [2.24, 2.45) is 0 Å². The fourth-order valence-electron chi connectivity index (χ4n) is 2.77. The summed E-state index contributed by atoms with van der Waals surface area (Å²) in [5, 5.41) is 10.7. The number of para-hydroxylation sites is 1. The number of carbonyl (C=O) groups excluding carboxylic acids is 1. The molecule has 0 aliphatic carbocycles. The van der Waals surface area contributed by atoms with Crippen molar-refractivity contribution in [2.45, 2.75) is 0 Å². The highest BCUT2D eigenvalue weighted by molar-refractivity contribution is 5.94. The van der Waals surface area contributed by atoms with E-state index in [1.54, 1.807) is 23.1 Å². The summed E-state index contributed by atoms with van der Waals surface area (Å²) >= 11 is 0. The molecule has 0 aromatic heterocycles. The molecule has 0 unspecified atom stereocenters. The number of nitrogens with zero attached hydrogens (tertiary/aromatic N) is 3. The number of anilines is 1. The molecule has 3 rings (SSSR count). The molecule has 1 amide bonds. The zero-order valence-corrected chi connectivity index (χ0v) is 12.9. The average molecular weight is 329 g/mol. The molecule has 0 bridgehead atoms. The maximum Gasteiger partial charge on any atom is 0.269 e. The van der Waals surface area contributed by atoms with E-state index >= 15 is 0 Å². The SMILES string of the molecule is O=C(c1ccc([N+](=O)[O-])cc1)N1CCN(c2ccccc2F)CC1. The molecule has 0 atom stereocenters.